The summed E-state index contributed by atoms with van der Waals surface area (Å²) in [6.07, 6.45) is 6.47. The molecular formula is C19H29ClN2O. The Morgan fingerprint density at radius 2 is 2.04 bits per heavy atom. The Hall–Kier alpha value is -1.06. The first-order valence-electron chi connectivity index (χ1n) is 8.72. The van der Waals surface area contributed by atoms with Gasteiger partial charge in [-0.3, -0.25) is 4.79 Å². The highest BCUT2D eigenvalue weighted by atomic mass is 35.5. The van der Waals surface area contributed by atoms with Gasteiger partial charge in [0, 0.05) is 13.0 Å². The average Bonchev–Trinajstić information content (AvgIpc) is 2.54. The molecule has 3 nitrogen and oxygen atoms in total. The second-order valence-electron chi connectivity index (χ2n) is 7.33. The van der Waals surface area contributed by atoms with Gasteiger partial charge in [-0.25, -0.2) is 0 Å². The molecule has 1 amide bonds. The lowest BCUT2D eigenvalue weighted by Crippen LogP contribution is -2.43. The Balaban J connectivity index is 0.00000192. The zero-order valence-corrected chi connectivity index (χ0v) is 14.9. The number of hydrogen-bond acceptors (Lipinski definition) is 2. The SMILES string of the molecule is CC1(CNC(=O)CC2CCCc3ccccc32)CCNCC1.Cl. The van der Waals surface area contributed by atoms with E-state index in [0.29, 0.717) is 12.3 Å². The fraction of sp³-hybridized carbons (Fsp3) is 0.632. The molecule has 1 aliphatic heterocycles. The maximum absolute atomic E-state index is 12.4. The molecule has 1 unspecified atom stereocenters. The minimum absolute atomic E-state index is 0. The third kappa shape index (κ3) is 4.71. The Morgan fingerprint density at radius 3 is 2.83 bits per heavy atom. The van der Waals surface area contributed by atoms with Gasteiger partial charge in [0.1, 0.15) is 0 Å². The van der Waals surface area contributed by atoms with Gasteiger partial charge in [0.15, 0.2) is 0 Å². The third-order valence-electron chi connectivity index (χ3n) is 5.45. The van der Waals surface area contributed by atoms with E-state index in [0.717, 1.165) is 38.9 Å². The van der Waals surface area contributed by atoms with E-state index in [1.807, 2.05) is 0 Å². The predicted octanol–water partition coefficient (Wildman–Crippen LogP) is 3.42. The van der Waals surface area contributed by atoms with Gasteiger partial charge in [0.25, 0.3) is 0 Å². The van der Waals surface area contributed by atoms with Crippen molar-refractivity contribution in [2.45, 2.75) is 51.4 Å². The summed E-state index contributed by atoms with van der Waals surface area (Å²) in [6, 6.07) is 8.64. The Bertz CT molecular complexity index is 526. The second-order valence-corrected chi connectivity index (χ2v) is 7.33. The van der Waals surface area contributed by atoms with Crippen LogP contribution in [0.5, 0.6) is 0 Å². The fourth-order valence-corrected chi connectivity index (χ4v) is 3.88. The van der Waals surface area contributed by atoms with Crippen molar-refractivity contribution in [1.82, 2.24) is 10.6 Å². The number of piperidine rings is 1. The van der Waals surface area contributed by atoms with E-state index >= 15 is 0 Å². The molecule has 0 radical (unpaired) electrons. The summed E-state index contributed by atoms with van der Waals surface area (Å²) in [4.78, 5) is 12.4. The zero-order chi connectivity index (χ0) is 15.4. The molecule has 2 N–H and O–H groups in total. The minimum atomic E-state index is 0. The molecule has 1 aliphatic carbocycles. The van der Waals surface area contributed by atoms with E-state index in [9.17, 15) is 4.79 Å². The number of rotatable bonds is 4. The van der Waals surface area contributed by atoms with Crippen LogP contribution in [0.3, 0.4) is 0 Å². The molecule has 128 valence electrons. The Morgan fingerprint density at radius 1 is 1.30 bits per heavy atom. The molecule has 1 atom stereocenters. The monoisotopic (exact) mass is 336 g/mol. The number of benzene rings is 1. The maximum atomic E-state index is 12.4. The lowest BCUT2D eigenvalue weighted by Gasteiger charge is -2.34. The number of carbonyl (C=O) groups excluding carboxylic acids is 1. The smallest absolute Gasteiger partial charge is 0.220 e. The quantitative estimate of drug-likeness (QED) is 0.884. The summed E-state index contributed by atoms with van der Waals surface area (Å²) in [6.45, 7) is 5.26. The topological polar surface area (TPSA) is 41.1 Å². The second kappa shape index (κ2) is 8.16. The van der Waals surface area contributed by atoms with Gasteiger partial charge in [0.2, 0.25) is 5.91 Å². The van der Waals surface area contributed by atoms with Crippen LogP contribution in [0.2, 0.25) is 0 Å². The van der Waals surface area contributed by atoms with Crippen LogP contribution in [0.15, 0.2) is 24.3 Å². The van der Waals surface area contributed by atoms with Crippen LogP contribution in [-0.4, -0.2) is 25.5 Å². The van der Waals surface area contributed by atoms with E-state index < -0.39 is 0 Å². The predicted molar refractivity (Wildman–Crippen MR) is 97.2 cm³/mol. The third-order valence-corrected chi connectivity index (χ3v) is 5.45. The first kappa shape index (κ1) is 18.3. The van der Waals surface area contributed by atoms with Crippen LogP contribution < -0.4 is 10.6 Å². The first-order chi connectivity index (χ1) is 10.7. The molecule has 1 fully saturated rings. The first-order valence-corrected chi connectivity index (χ1v) is 8.72. The molecule has 0 spiro atoms. The highest BCUT2D eigenvalue weighted by Crippen LogP contribution is 2.34. The van der Waals surface area contributed by atoms with Gasteiger partial charge in [-0.05, 0) is 67.7 Å². The minimum Gasteiger partial charge on any atom is -0.356 e. The fourth-order valence-electron chi connectivity index (χ4n) is 3.88. The lowest BCUT2D eigenvalue weighted by molar-refractivity contribution is -0.122. The standard InChI is InChI=1S/C19H28N2O.ClH/c1-19(9-11-20-12-10-19)14-21-18(22)13-16-7-4-6-15-5-2-3-8-17(15)16;/h2-3,5,8,16,20H,4,6-7,9-14H2,1H3,(H,21,22);1H. The molecule has 1 aromatic carbocycles. The van der Waals surface area contributed by atoms with Gasteiger partial charge in [-0.1, -0.05) is 31.2 Å². The van der Waals surface area contributed by atoms with Crippen LogP contribution in [0, 0.1) is 5.41 Å². The number of amides is 1. The van der Waals surface area contributed by atoms with Crippen molar-refractivity contribution in [3.8, 4) is 0 Å². The highest BCUT2D eigenvalue weighted by molar-refractivity contribution is 5.85. The molecule has 1 saturated heterocycles. The molecule has 0 bridgehead atoms. The molecule has 0 saturated carbocycles. The normalized spacial score (nSPS) is 22.6. The van der Waals surface area contributed by atoms with Gasteiger partial charge < -0.3 is 10.6 Å². The van der Waals surface area contributed by atoms with Crippen molar-refractivity contribution >= 4 is 18.3 Å². The van der Waals surface area contributed by atoms with Gasteiger partial charge in [-0.15, -0.1) is 12.4 Å². The van der Waals surface area contributed by atoms with E-state index in [2.05, 4.69) is 41.8 Å². The number of hydrogen-bond donors (Lipinski definition) is 2. The number of fused-ring (bicyclic) bond motifs is 1. The zero-order valence-electron chi connectivity index (χ0n) is 14.1. The number of aryl methyl sites for hydroxylation is 1. The van der Waals surface area contributed by atoms with Crippen LogP contribution in [0.1, 0.15) is 56.1 Å². The lowest BCUT2D eigenvalue weighted by atomic mass is 9.80. The van der Waals surface area contributed by atoms with Crippen molar-refractivity contribution in [2.24, 2.45) is 5.41 Å². The van der Waals surface area contributed by atoms with Crippen LogP contribution in [-0.2, 0) is 11.2 Å². The number of nitrogens with one attached hydrogen (secondary N) is 2. The van der Waals surface area contributed by atoms with Crippen molar-refractivity contribution in [1.29, 1.82) is 0 Å². The van der Waals surface area contributed by atoms with Crippen molar-refractivity contribution in [3.05, 3.63) is 35.4 Å². The molecule has 1 heterocycles. The number of carbonyl (C=O) groups is 1. The summed E-state index contributed by atoms with van der Waals surface area (Å²) < 4.78 is 0. The van der Waals surface area contributed by atoms with Crippen LogP contribution >= 0.6 is 12.4 Å². The molecular weight excluding hydrogens is 308 g/mol. The van der Waals surface area contributed by atoms with E-state index in [1.165, 1.54) is 24.0 Å². The van der Waals surface area contributed by atoms with E-state index in [1.54, 1.807) is 0 Å². The van der Waals surface area contributed by atoms with Crippen molar-refractivity contribution in [2.75, 3.05) is 19.6 Å². The molecule has 0 aromatic heterocycles. The summed E-state index contributed by atoms with van der Waals surface area (Å²) in [7, 11) is 0. The molecule has 3 rings (SSSR count). The molecule has 23 heavy (non-hydrogen) atoms. The van der Waals surface area contributed by atoms with Crippen molar-refractivity contribution < 1.29 is 4.79 Å². The maximum Gasteiger partial charge on any atom is 0.220 e. The van der Waals surface area contributed by atoms with E-state index in [-0.39, 0.29) is 23.7 Å². The van der Waals surface area contributed by atoms with Crippen LogP contribution in [0.4, 0.5) is 0 Å². The average molecular weight is 337 g/mol. The summed E-state index contributed by atoms with van der Waals surface area (Å²) in [5.41, 5.74) is 3.11. The summed E-state index contributed by atoms with van der Waals surface area (Å²) in [5.74, 6) is 0.632. The number of halogens is 1. The van der Waals surface area contributed by atoms with Gasteiger partial charge in [0.05, 0.1) is 0 Å². The Labute approximate surface area is 146 Å². The highest BCUT2D eigenvalue weighted by Gasteiger charge is 2.28. The molecule has 4 heteroatoms. The van der Waals surface area contributed by atoms with E-state index in [4.69, 9.17) is 0 Å². The van der Waals surface area contributed by atoms with Gasteiger partial charge in [-0.2, -0.15) is 0 Å². The summed E-state index contributed by atoms with van der Waals surface area (Å²) in [5, 5.41) is 6.60. The van der Waals surface area contributed by atoms with Crippen molar-refractivity contribution in [3.63, 3.8) is 0 Å². The molecule has 2 aliphatic rings. The molecule has 1 aromatic rings. The van der Waals surface area contributed by atoms with Gasteiger partial charge >= 0.3 is 0 Å². The summed E-state index contributed by atoms with van der Waals surface area (Å²) >= 11 is 0. The van der Waals surface area contributed by atoms with Crippen LogP contribution in [0.25, 0.3) is 0 Å². The Kier molecular flexibility index (Phi) is 6.49. The largest absolute Gasteiger partial charge is 0.356 e.